The summed E-state index contributed by atoms with van der Waals surface area (Å²) in [5, 5.41) is 11.6. The fourth-order valence-corrected chi connectivity index (χ4v) is 2.27. The van der Waals surface area contributed by atoms with Crippen molar-refractivity contribution in [1.82, 2.24) is 4.57 Å². The highest BCUT2D eigenvalue weighted by Gasteiger charge is 2.13. The normalized spacial score (nSPS) is 10.2. The first-order chi connectivity index (χ1) is 10.8. The molecule has 1 heterocycles. The molecule has 0 aliphatic rings. The average Bonchev–Trinajstić information content (AvgIpc) is 2.47. The van der Waals surface area contributed by atoms with Gasteiger partial charge in [-0.2, -0.15) is 5.26 Å². The van der Waals surface area contributed by atoms with E-state index in [0.717, 1.165) is 0 Å². The second-order valence-electron chi connectivity index (χ2n) is 5.36. The van der Waals surface area contributed by atoms with Gasteiger partial charge in [0.15, 0.2) is 0 Å². The Morgan fingerprint density at radius 3 is 2.57 bits per heavy atom. The molecule has 0 fully saturated rings. The number of benzene rings is 1. The van der Waals surface area contributed by atoms with Crippen LogP contribution in [0.1, 0.15) is 22.4 Å². The molecule has 0 atom stereocenters. The van der Waals surface area contributed by atoms with Crippen LogP contribution in [-0.4, -0.2) is 10.5 Å². The molecule has 0 aliphatic heterocycles. The zero-order valence-electron chi connectivity index (χ0n) is 13.1. The fraction of sp³-hybridized carbons (Fsp3) is 0.235. The maximum Gasteiger partial charge on any atom is 0.269 e. The van der Waals surface area contributed by atoms with Crippen molar-refractivity contribution in [3.05, 3.63) is 62.8 Å². The third-order valence-electron chi connectivity index (χ3n) is 3.57. The molecule has 0 unspecified atom stereocenters. The Labute approximate surface area is 133 Å². The lowest BCUT2D eigenvalue weighted by Gasteiger charge is -2.12. The number of pyridine rings is 1. The summed E-state index contributed by atoms with van der Waals surface area (Å²) in [5.41, 5.74) is 1.47. The molecule has 118 valence electrons. The van der Waals surface area contributed by atoms with E-state index in [0.29, 0.717) is 22.5 Å². The number of halogens is 1. The van der Waals surface area contributed by atoms with Gasteiger partial charge in [-0.1, -0.05) is 6.07 Å². The quantitative estimate of drug-likeness (QED) is 0.945. The van der Waals surface area contributed by atoms with Gasteiger partial charge in [0.05, 0.1) is 0 Å². The van der Waals surface area contributed by atoms with Crippen LogP contribution >= 0.6 is 0 Å². The monoisotopic (exact) mass is 313 g/mol. The largest absolute Gasteiger partial charge is 0.324 e. The Morgan fingerprint density at radius 2 is 1.96 bits per heavy atom. The lowest BCUT2D eigenvalue weighted by Crippen LogP contribution is -2.31. The summed E-state index contributed by atoms with van der Waals surface area (Å²) in [7, 11) is 0. The van der Waals surface area contributed by atoms with Crippen LogP contribution in [0.5, 0.6) is 0 Å². The van der Waals surface area contributed by atoms with Gasteiger partial charge < -0.3 is 9.88 Å². The van der Waals surface area contributed by atoms with Crippen molar-refractivity contribution in [2.45, 2.75) is 27.3 Å². The summed E-state index contributed by atoms with van der Waals surface area (Å²) in [6.45, 7) is 4.75. The minimum atomic E-state index is -0.504. The van der Waals surface area contributed by atoms with Gasteiger partial charge in [0.25, 0.3) is 5.56 Å². The maximum atomic E-state index is 13.5. The molecule has 23 heavy (non-hydrogen) atoms. The first-order valence-corrected chi connectivity index (χ1v) is 7.00. The number of carbonyl (C=O) groups is 1. The molecule has 0 saturated heterocycles. The predicted molar refractivity (Wildman–Crippen MR) is 84.7 cm³/mol. The SMILES string of the molecule is Cc1ccc(NC(=O)Cn2c(C)cc(C)c(C#N)c2=O)cc1F. The second kappa shape index (κ2) is 6.44. The standard InChI is InChI=1S/C17H16FN3O2/c1-10-4-5-13(7-15(10)18)20-16(22)9-21-12(3)6-11(2)14(8-19)17(21)23/h4-7H,9H2,1-3H3,(H,20,22). The number of amides is 1. The van der Waals surface area contributed by atoms with Gasteiger partial charge >= 0.3 is 0 Å². The lowest BCUT2D eigenvalue weighted by molar-refractivity contribution is -0.116. The smallest absolute Gasteiger partial charge is 0.269 e. The van der Waals surface area contributed by atoms with E-state index >= 15 is 0 Å². The second-order valence-corrected chi connectivity index (χ2v) is 5.36. The highest BCUT2D eigenvalue weighted by atomic mass is 19.1. The van der Waals surface area contributed by atoms with Crippen molar-refractivity contribution in [3.8, 4) is 6.07 Å². The molecule has 2 aromatic rings. The minimum Gasteiger partial charge on any atom is -0.324 e. The molecule has 0 radical (unpaired) electrons. The number of nitrogens with one attached hydrogen (secondary N) is 1. The van der Waals surface area contributed by atoms with Gasteiger partial charge in [0, 0.05) is 11.4 Å². The molecular formula is C17H16FN3O2. The Balaban J connectivity index is 2.26. The predicted octanol–water partition coefficient (Wildman–Crippen LogP) is 2.42. The summed E-state index contributed by atoms with van der Waals surface area (Å²) in [6, 6.07) is 7.90. The molecule has 1 aromatic heterocycles. The summed E-state index contributed by atoms with van der Waals surface area (Å²) in [5.74, 6) is -0.885. The molecule has 2 rings (SSSR count). The number of hydrogen-bond acceptors (Lipinski definition) is 3. The zero-order chi connectivity index (χ0) is 17.1. The fourth-order valence-electron chi connectivity index (χ4n) is 2.27. The number of anilines is 1. The summed E-state index contributed by atoms with van der Waals surface area (Å²) in [4.78, 5) is 24.3. The number of carbonyl (C=O) groups excluding carboxylic acids is 1. The van der Waals surface area contributed by atoms with Crippen LogP contribution in [-0.2, 0) is 11.3 Å². The van der Waals surface area contributed by atoms with Crippen molar-refractivity contribution >= 4 is 11.6 Å². The molecule has 1 N–H and O–H groups in total. The molecule has 5 nitrogen and oxygen atoms in total. The van der Waals surface area contributed by atoms with E-state index in [1.54, 1.807) is 39.0 Å². The number of nitriles is 1. The average molecular weight is 313 g/mol. The first-order valence-electron chi connectivity index (χ1n) is 7.00. The van der Waals surface area contributed by atoms with Gasteiger partial charge in [-0.25, -0.2) is 4.39 Å². The number of hydrogen-bond donors (Lipinski definition) is 1. The van der Waals surface area contributed by atoms with Gasteiger partial charge in [-0.3, -0.25) is 9.59 Å². The molecule has 0 spiro atoms. The Bertz CT molecular complexity index is 879. The Hall–Kier alpha value is -2.94. The van der Waals surface area contributed by atoms with Crippen LogP contribution in [0.15, 0.2) is 29.1 Å². The van der Waals surface area contributed by atoms with Crippen LogP contribution in [0.2, 0.25) is 0 Å². The molecule has 1 aromatic carbocycles. The van der Waals surface area contributed by atoms with E-state index in [-0.39, 0.29) is 12.1 Å². The Kier molecular flexibility index (Phi) is 4.60. The van der Waals surface area contributed by atoms with Crippen molar-refractivity contribution in [2.75, 3.05) is 5.32 Å². The van der Waals surface area contributed by atoms with Crippen molar-refractivity contribution in [2.24, 2.45) is 0 Å². The van der Waals surface area contributed by atoms with Crippen LogP contribution in [0, 0.1) is 37.9 Å². The molecule has 0 bridgehead atoms. The summed E-state index contributed by atoms with van der Waals surface area (Å²) < 4.78 is 14.7. The first kappa shape index (κ1) is 16.4. The van der Waals surface area contributed by atoms with Crippen molar-refractivity contribution in [1.29, 1.82) is 5.26 Å². The topological polar surface area (TPSA) is 74.9 Å². The van der Waals surface area contributed by atoms with Crippen LogP contribution < -0.4 is 10.9 Å². The van der Waals surface area contributed by atoms with Gasteiger partial charge in [-0.05, 0) is 50.1 Å². The third-order valence-corrected chi connectivity index (χ3v) is 3.57. The molecule has 0 saturated carbocycles. The Morgan fingerprint density at radius 1 is 1.26 bits per heavy atom. The number of aryl methyl sites for hydroxylation is 3. The third kappa shape index (κ3) is 3.46. The van der Waals surface area contributed by atoms with E-state index in [1.807, 2.05) is 6.07 Å². The van der Waals surface area contributed by atoms with E-state index in [1.165, 1.54) is 10.6 Å². The van der Waals surface area contributed by atoms with Crippen LogP contribution in [0.3, 0.4) is 0 Å². The number of rotatable bonds is 3. The summed E-state index contributed by atoms with van der Waals surface area (Å²) in [6.07, 6.45) is 0. The maximum absolute atomic E-state index is 13.5. The van der Waals surface area contributed by atoms with Crippen molar-refractivity contribution in [3.63, 3.8) is 0 Å². The number of aromatic nitrogens is 1. The van der Waals surface area contributed by atoms with Crippen LogP contribution in [0.25, 0.3) is 0 Å². The van der Waals surface area contributed by atoms with Gasteiger partial charge in [-0.15, -0.1) is 0 Å². The molecule has 0 aliphatic carbocycles. The molecule has 6 heteroatoms. The number of nitrogens with zero attached hydrogens (tertiary/aromatic N) is 2. The molecule has 1 amide bonds. The lowest BCUT2D eigenvalue weighted by atomic mass is 10.1. The zero-order valence-corrected chi connectivity index (χ0v) is 13.1. The van der Waals surface area contributed by atoms with Crippen LogP contribution in [0.4, 0.5) is 10.1 Å². The van der Waals surface area contributed by atoms with E-state index in [4.69, 9.17) is 5.26 Å². The highest BCUT2D eigenvalue weighted by molar-refractivity contribution is 5.90. The van der Waals surface area contributed by atoms with E-state index in [9.17, 15) is 14.0 Å². The van der Waals surface area contributed by atoms with Gasteiger partial charge in [0.2, 0.25) is 5.91 Å². The molecular weight excluding hydrogens is 297 g/mol. The van der Waals surface area contributed by atoms with E-state index in [2.05, 4.69) is 5.32 Å². The minimum absolute atomic E-state index is 0.0183. The van der Waals surface area contributed by atoms with E-state index < -0.39 is 17.3 Å². The highest BCUT2D eigenvalue weighted by Crippen LogP contribution is 2.13. The van der Waals surface area contributed by atoms with Gasteiger partial charge in [0.1, 0.15) is 24.0 Å². The summed E-state index contributed by atoms with van der Waals surface area (Å²) >= 11 is 0. The van der Waals surface area contributed by atoms with Crippen molar-refractivity contribution < 1.29 is 9.18 Å².